The largest absolute Gasteiger partial charge is 0.512 e. The number of aliphatic hydroxyl groups excluding tert-OH is 3. The van der Waals surface area contributed by atoms with E-state index >= 15 is 0 Å². The third-order valence-electron chi connectivity index (χ3n) is 0.990. The van der Waals surface area contributed by atoms with Gasteiger partial charge in [-0.15, -0.1) is 0 Å². The molecule has 0 fully saturated rings. The molecule has 0 amide bonds. The van der Waals surface area contributed by atoms with E-state index in [2.05, 4.69) is 0 Å². The Balaban J connectivity index is 3.07. The summed E-state index contributed by atoms with van der Waals surface area (Å²) in [6, 6.07) is 0. The Morgan fingerprint density at radius 1 is 1.33 bits per heavy atom. The predicted molar refractivity (Wildman–Crippen MR) is 34.3 cm³/mol. The van der Waals surface area contributed by atoms with Crippen LogP contribution in [0.1, 0.15) is 19.3 Å². The van der Waals surface area contributed by atoms with Crippen LogP contribution < -0.4 is 0 Å². The van der Waals surface area contributed by atoms with Crippen LogP contribution in [0.4, 0.5) is 0 Å². The van der Waals surface area contributed by atoms with E-state index < -0.39 is 0 Å². The number of allylic oxidation sites excluding steroid dienone is 1. The summed E-state index contributed by atoms with van der Waals surface area (Å²) in [5, 5.41) is 25.1. The van der Waals surface area contributed by atoms with Gasteiger partial charge in [0.05, 0.1) is 0 Å². The van der Waals surface area contributed by atoms with E-state index in [-0.39, 0.29) is 12.4 Å². The molecule has 3 nitrogen and oxygen atoms in total. The molecule has 0 aromatic heterocycles. The van der Waals surface area contributed by atoms with Crippen LogP contribution in [0.5, 0.6) is 0 Å². The molecule has 0 aliphatic rings. The number of aliphatic hydroxyl groups is 3. The van der Waals surface area contributed by atoms with Gasteiger partial charge in [-0.05, 0) is 12.8 Å². The lowest BCUT2D eigenvalue weighted by Gasteiger charge is -1.94. The Morgan fingerprint density at radius 3 is 2.44 bits per heavy atom. The van der Waals surface area contributed by atoms with Crippen molar-refractivity contribution in [3.63, 3.8) is 0 Å². The first-order chi connectivity index (χ1) is 4.31. The highest BCUT2D eigenvalue weighted by molar-refractivity contribution is 4.82. The Labute approximate surface area is 54.3 Å². The van der Waals surface area contributed by atoms with Crippen molar-refractivity contribution in [2.45, 2.75) is 19.3 Å². The third kappa shape index (κ3) is 5.17. The van der Waals surface area contributed by atoms with Crippen molar-refractivity contribution >= 4 is 0 Å². The van der Waals surface area contributed by atoms with Gasteiger partial charge in [-0.1, -0.05) is 0 Å². The first kappa shape index (κ1) is 8.30. The molecule has 0 radical (unpaired) electrons. The normalized spacial score (nSPS) is 11.9. The summed E-state index contributed by atoms with van der Waals surface area (Å²) in [6.45, 7) is 0.138. The van der Waals surface area contributed by atoms with Gasteiger partial charge in [-0.3, -0.25) is 0 Å². The maximum absolute atomic E-state index is 8.61. The molecule has 3 heteroatoms. The van der Waals surface area contributed by atoms with Crippen molar-refractivity contribution in [3.05, 3.63) is 12.0 Å². The molecular formula is C6H12O3. The number of hydrogen-bond donors (Lipinski definition) is 3. The van der Waals surface area contributed by atoms with Crippen molar-refractivity contribution in [2.24, 2.45) is 0 Å². The number of hydrogen-bond acceptors (Lipinski definition) is 3. The molecule has 0 aromatic rings. The van der Waals surface area contributed by atoms with E-state index in [0.717, 1.165) is 0 Å². The van der Waals surface area contributed by atoms with Gasteiger partial charge in [0.15, 0.2) is 0 Å². The summed E-state index contributed by atoms with van der Waals surface area (Å²) < 4.78 is 0. The second kappa shape index (κ2) is 5.44. The lowest BCUT2D eigenvalue weighted by molar-refractivity contribution is 0.277. The molecular weight excluding hydrogens is 120 g/mol. The zero-order valence-electron chi connectivity index (χ0n) is 5.25. The fourth-order valence-electron chi connectivity index (χ4n) is 0.482. The highest BCUT2D eigenvalue weighted by atomic mass is 16.3. The Hall–Kier alpha value is -0.700. The van der Waals surface area contributed by atoms with E-state index in [9.17, 15) is 0 Å². The molecule has 54 valence electrons. The second-order valence-electron chi connectivity index (χ2n) is 1.80. The van der Waals surface area contributed by atoms with Crippen LogP contribution in [0, 0.1) is 0 Å². The summed E-state index contributed by atoms with van der Waals surface area (Å²) in [7, 11) is 0. The minimum Gasteiger partial charge on any atom is -0.512 e. The fraction of sp³-hybridized carbons (Fsp3) is 0.667. The average molecular weight is 132 g/mol. The molecule has 0 spiro atoms. The predicted octanol–water partition coefficient (Wildman–Crippen LogP) is 1.11. The molecule has 0 heterocycles. The fourth-order valence-corrected chi connectivity index (χ4v) is 0.482. The summed E-state index contributed by atoms with van der Waals surface area (Å²) in [5.41, 5.74) is 0. The van der Waals surface area contributed by atoms with Gasteiger partial charge in [-0.25, -0.2) is 0 Å². The smallest absolute Gasteiger partial charge is 0.126 e. The summed E-state index contributed by atoms with van der Waals surface area (Å²) in [5.74, 6) is -0.0246. The zero-order chi connectivity index (χ0) is 7.11. The first-order valence-electron chi connectivity index (χ1n) is 2.94. The van der Waals surface area contributed by atoms with Crippen LogP contribution in [0.15, 0.2) is 12.0 Å². The van der Waals surface area contributed by atoms with Crippen molar-refractivity contribution in [1.82, 2.24) is 0 Å². The maximum atomic E-state index is 8.61. The minimum absolute atomic E-state index is 0.0246. The molecule has 0 unspecified atom stereocenters. The number of unbranched alkanes of at least 4 members (excludes halogenated alkanes) is 1. The van der Waals surface area contributed by atoms with Gasteiger partial charge in [0, 0.05) is 13.0 Å². The van der Waals surface area contributed by atoms with Crippen molar-refractivity contribution < 1.29 is 15.3 Å². The molecule has 0 saturated heterocycles. The van der Waals surface area contributed by atoms with Gasteiger partial charge in [0.2, 0.25) is 0 Å². The lowest BCUT2D eigenvalue weighted by atomic mass is 10.2. The molecule has 0 rings (SSSR count). The van der Waals surface area contributed by atoms with Crippen molar-refractivity contribution in [2.75, 3.05) is 6.61 Å². The Morgan fingerprint density at radius 2 is 2.00 bits per heavy atom. The minimum atomic E-state index is -0.0246. The summed E-state index contributed by atoms with van der Waals surface area (Å²) in [6.07, 6.45) is 2.49. The topological polar surface area (TPSA) is 60.7 Å². The lowest BCUT2D eigenvalue weighted by Crippen LogP contribution is -1.85. The van der Waals surface area contributed by atoms with Crippen molar-refractivity contribution in [3.8, 4) is 0 Å². The van der Waals surface area contributed by atoms with Crippen molar-refractivity contribution in [1.29, 1.82) is 0 Å². The monoisotopic (exact) mass is 132 g/mol. The molecule has 3 N–H and O–H groups in total. The highest BCUT2D eigenvalue weighted by Crippen LogP contribution is 2.01. The average Bonchev–Trinajstić information content (AvgIpc) is 1.89. The SMILES string of the molecule is O/C=C(\O)CCCCO. The molecule has 9 heavy (non-hydrogen) atoms. The van der Waals surface area contributed by atoms with Crippen LogP contribution in [-0.4, -0.2) is 21.9 Å². The van der Waals surface area contributed by atoms with Gasteiger partial charge < -0.3 is 15.3 Å². The van der Waals surface area contributed by atoms with Gasteiger partial charge >= 0.3 is 0 Å². The van der Waals surface area contributed by atoms with E-state index in [0.29, 0.717) is 25.5 Å². The molecule has 0 aliphatic carbocycles. The molecule has 0 aromatic carbocycles. The van der Waals surface area contributed by atoms with Crippen LogP contribution in [0.25, 0.3) is 0 Å². The van der Waals surface area contributed by atoms with Gasteiger partial charge in [0.25, 0.3) is 0 Å². The van der Waals surface area contributed by atoms with Crippen LogP contribution in [0.2, 0.25) is 0 Å². The molecule has 0 atom stereocenters. The van der Waals surface area contributed by atoms with E-state index in [4.69, 9.17) is 15.3 Å². The van der Waals surface area contributed by atoms with Gasteiger partial charge in [0.1, 0.15) is 12.0 Å². The standard InChI is InChI=1S/C6H12O3/c7-4-2-1-3-6(9)5-8/h5,7-9H,1-4H2/b6-5-. The van der Waals surface area contributed by atoms with Gasteiger partial charge in [-0.2, -0.15) is 0 Å². The van der Waals surface area contributed by atoms with E-state index in [1.165, 1.54) is 0 Å². The first-order valence-corrected chi connectivity index (χ1v) is 2.94. The zero-order valence-corrected chi connectivity index (χ0v) is 5.25. The van der Waals surface area contributed by atoms with Crippen LogP contribution in [-0.2, 0) is 0 Å². The second-order valence-corrected chi connectivity index (χ2v) is 1.80. The molecule has 0 aliphatic heterocycles. The number of rotatable bonds is 4. The highest BCUT2D eigenvalue weighted by Gasteiger charge is 1.90. The van der Waals surface area contributed by atoms with E-state index in [1.54, 1.807) is 0 Å². The summed E-state index contributed by atoms with van der Waals surface area (Å²) >= 11 is 0. The quantitative estimate of drug-likeness (QED) is 0.396. The molecule has 0 bridgehead atoms. The van der Waals surface area contributed by atoms with Crippen LogP contribution >= 0.6 is 0 Å². The summed E-state index contributed by atoms with van der Waals surface area (Å²) in [4.78, 5) is 0. The molecule has 0 saturated carbocycles. The van der Waals surface area contributed by atoms with E-state index in [1.807, 2.05) is 0 Å². The van der Waals surface area contributed by atoms with Crippen LogP contribution in [0.3, 0.4) is 0 Å². The Bertz CT molecular complexity index is 88.3. The maximum Gasteiger partial charge on any atom is 0.126 e. The third-order valence-corrected chi connectivity index (χ3v) is 0.990. The Kier molecular flexibility index (Phi) is 5.01.